The van der Waals surface area contributed by atoms with E-state index in [0.717, 1.165) is 18.5 Å². The number of anilines is 1. The van der Waals surface area contributed by atoms with Crippen molar-refractivity contribution >= 4 is 15.7 Å². The predicted molar refractivity (Wildman–Crippen MR) is 78.8 cm³/mol. The van der Waals surface area contributed by atoms with Crippen molar-refractivity contribution in [3.8, 4) is 6.07 Å². The topological polar surface area (TPSA) is 82.0 Å². The van der Waals surface area contributed by atoms with E-state index in [4.69, 9.17) is 5.26 Å². The number of nitrogens with one attached hydrogen (secondary N) is 2. The second-order valence-electron chi connectivity index (χ2n) is 5.08. The third-order valence-corrected chi connectivity index (χ3v) is 4.88. The summed E-state index contributed by atoms with van der Waals surface area (Å²) in [6.07, 6.45) is 3.48. The standard InChI is InChI=1S/C14H19N3O2S/c15-10-12-4-6-14(7-5-12)16-8-9-20(18,19)17-11-13-2-1-3-13/h4-7,13,16-17H,1-3,8-9,11H2. The van der Waals surface area contributed by atoms with E-state index in [1.807, 2.05) is 6.07 Å². The summed E-state index contributed by atoms with van der Waals surface area (Å²) in [6.45, 7) is 0.922. The fraction of sp³-hybridized carbons (Fsp3) is 0.500. The number of hydrogen-bond donors (Lipinski definition) is 2. The summed E-state index contributed by atoms with van der Waals surface area (Å²) < 4.78 is 26.2. The lowest BCUT2D eigenvalue weighted by molar-refractivity contribution is 0.316. The molecule has 0 heterocycles. The molecule has 1 aliphatic carbocycles. The van der Waals surface area contributed by atoms with Gasteiger partial charge in [0.2, 0.25) is 10.0 Å². The zero-order chi connectivity index (χ0) is 14.4. The van der Waals surface area contributed by atoms with Gasteiger partial charge < -0.3 is 5.32 Å². The minimum absolute atomic E-state index is 0.0553. The normalized spacial score (nSPS) is 15.3. The molecule has 0 saturated heterocycles. The van der Waals surface area contributed by atoms with Gasteiger partial charge in [0, 0.05) is 18.8 Å². The van der Waals surface area contributed by atoms with Crippen LogP contribution in [0.3, 0.4) is 0 Å². The van der Waals surface area contributed by atoms with Crippen LogP contribution in [0.15, 0.2) is 24.3 Å². The van der Waals surface area contributed by atoms with E-state index in [2.05, 4.69) is 10.0 Å². The van der Waals surface area contributed by atoms with E-state index in [-0.39, 0.29) is 5.75 Å². The van der Waals surface area contributed by atoms with Crippen LogP contribution in [0.5, 0.6) is 0 Å². The quantitative estimate of drug-likeness (QED) is 0.801. The van der Waals surface area contributed by atoms with Gasteiger partial charge >= 0.3 is 0 Å². The smallest absolute Gasteiger partial charge is 0.213 e. The second kappa shape index (κ2) is 6.73. The number of nitrogens with zero attached hydrogens (tertiary/aromatic N) is 1. The van der Waals surface area contributed by atoms with Gasteiger partial charge in [-0.2, -0.15) is 5.26 Å². The summed E-state index contributed by atoms with van der Waals surface area (Å²) in [5.74, 6) is 0.580. The summed E-state index contributed by atoms with van der Waals surface area (Å²) in [7, 11) is -3.20. The van der Waals surface area contributed by atoms with Crippen molar-refractivity contribution < 1.29 is 8.42 Å². The molecule has 1 aromatic carbocycles. The molecule has 0 atom stereocenters. The largest absolute Gasteiger partial charge is 0.384 e. The Bertz CT molecular complexity index is 571. The van der Waals surface area contributed by atoms with Crippen molar-refractivity contribution in [2.24, 2.45) is 5.92 Å². The molecule has 0 amide bonds. The number of benzene rings is 1. The van der Waals surface area contributed by atoms with Crippen molar-refractivity contribution in [1.29, 1.82) is 5.26 Å². The van der Waals surface area contributed by atoms with Crippen LogP contribution in [0.25, 0.3) is 0 Å². The van der Waals surface area contributed by atoms with Gasteiger partial charge in [-0.3, -0.25) is 0 Å². The minimum atomic E-state index is -3.20. The van der Waals surface area contributed by atoms with Gasteiger partial charge in [0.25, 0.3) is 0 Å². The maximum atomic E-state index is 11.8. The molecular weight excluding hydrogens is 274 g/mol. The summed E-state index contributed by atoms with van der Waals surface area (Å²) in [6, 6.07) is 8.98. The van der Waals surface area contributed by atoms with Crippen molar-refractivity contribution in [3.63, 3.8) is 0 Å². The monoisotopic (exact) mass is 293 g/mol. The molecule has 1 aromatic rings. The Morgan fingerprint density at radius 1 is 1.25 bits per heavy atom. The van der Waals surface area contributed by atoms with Crippen LogP contribution in [0.4, 0.5) is 5.69 Å². The van der Waals surface area contributed by atoms with E-state index in [0.29, 0.717) is 24.6 Å². The van der Waals surface area contributed by atoms with Crippen molar-refractivity contribution in [2.45, 2.75) is 19.3 Å². The Kier molecular flexibility index (Phi) is 4.99. The summed E-state index contributed by atoms with van der Waals surface area (Å²) in [4.78, 5) is 0. The second-order valence-corrected chi connectivity index (χ2v) is 7.01. The predicted octanol–water partition coefficient (Wildman–Crippen LogP) is 1.69. The molecule has 108 valence electrons. The molecule has 0 aromatic heterocycles. The van der Waals surface area contributed by atoms with Crippen LogP contribution in [0, 0.1) is 17.2 Å². The molecule has 20 heavy (non-hydrogen) atoms. The lowest BCUT2D eigenvalue weighted by atomic mass is 9.86. The first-order valence-electron chi connectivity index (χ1n) is 6.80. The maximum absolute atomic E-state index is 11.8. The van der Waals surface area contributed by atoms with E-state index in [1.165, 1.54) is 6.42 Å². The van der Waals surface area contributed by atoms with Crippen LogP contribution in [-0.2, 0) is 10.0 Å². The molecule has 6 heteroatoms. The highest BCUT2D eigenvalue weighted by Crippen LogP contribution is 2.25. The molecule has 5 nitrogen and oxygen atoms in total. The summed E-state index contributed by atoms with van der Waals surface area (Å²) >= 11 is 0. The van der Waals surface area contributed by atoms with Crippen LogP contribution in [-0.4, -0.2) is 27.3 Å². The summed E-state index contributed by atoms with van der Waals surface area (Å²) in [5.41, 5.74) is 1.41. The third-order valence-electron chi connectivity index (χ3n) is 3.53. The van der Waals surface area contributed by atoms with E-state index < -0.39 is 10.0 Å². The fourth-order valence-corrected chi connectivity index (χ4v) is 3.01. The summed E-state index contributed by atoms with van der Waals surface area (Å²) in [5, 5.41) is 11.7. The Hall–Kier alpha value is -1.58. The molecule has 1 aliphatic rings. The highest BCUT2D eigenvalue weighted by molar-refractivity contribution is 7.89. The van der Waals surface area contributed by atoms with Gasteiger partial charge in [-0.1, -0.05) is 6.42 Å². The molecule has 0 unspecified atom stereocenters. The number of sulfonamides is 1. The Morgan fingerprint density at radius 3 is 2.50 bits per heavy atom. The molecule has 0 bridgehead atoms. The average molecular weight is 293 g/mol. The first-order valence-corrected chi connectivity index (χ1v) is 8.46. The van der Waals surface area contributed by atoms with Crippen LogP contribution < -0.4 is 10.0 Å². The molecule has 1 saturated carbocycles. The molecule has 1 fully saturated rings. The van der Waals surface area contributed by atoms with Crippen LogP contribution in [0.2, 0.25) is 0 Å². The lowest BCUT2D eigenvalue weighted by Crippen LogP contribution is -2.35. The molecule has 0 aliphatic heterocycles. The van der Waals surface area contributed by atoms with Gasteiger partial charge in [-0.05, 0) is 43.0 Å². The lowest BCUT2D eigenvalue weighted by Gasteiger charge is -2.25. The van der Waals surface area contributed by atoms with Crippen molar-refractivity contribution in [2.75, 3.05) is 24.2 Å². The first kappa shape index (κ1) is 14.8. The number of rotatable bonds is 7. The number of nitriles is 1. The van der Waals surface area contributed by atoms with Gasteiger partial charge in [-0.15, -0.1) is 0 Å². The van der Waals surface area contributed by atoms with Gasteiger partial charge in [0.15, 0.2) is 0 Å². The van der Waals surface area contributed by atoms with Crippen molar-refractivity contribution in [3.05, 3.63) is 29.8 Å². The maximum Gasteiger partial charge on any atom is 0.213 e. The fourth-order valence-electron chi connectivity index (χ4n) is 2.01. The number of hydrogen-bond acceptors (Lipinski definition) is 4. The average Bonchev–Trinajstić information content (AvgIpc) is 2.37. The van der Waals surface area contributed by atoms with Crippen molar-refractivity contribution in [1.82, 2.24) is 4.72 Å². The molecule has 2 rings (SSSR count). The SMILES string of the molecule is N#Cc1ccc(NCCS(=O)(=O)NCC2CCC2)cc1. The minimum Gasteiger partial charge on any atom is -0.384 e. The van der Waals surface area contributed by atoms with E-state index in [9.17, 15) is 8.42 Å². The Morgan fingerprint density at radius 2 is 1.95 bits per heavy atom. The van der Waals surface area contributed by atoms with Gasteiger partial charge in [0.05, 0.1) is 17.4 Å². The molecule has 2 N–H and O–H groups in total. The third kappa shape index (κ3) is 4.51. The van der Waals surface area contributed by atoms with E-state index >= 15 is 0 Å². The zero-order valence-corrected chi connectivity index (χ0v) is 12.1. The van der Waals surface area contributed by atoms with Gasteiger partial charge in [-0.25, -0.2) is 13.1 Å². The Labute approximate surface area is 120 Å². The molecule has 0 radical (unpaired) electrons. The molecule has 0 spiro atoms. The van der Waals surface area contributed by atoms with Crippen LogP contribution in [0.1, 0.15) is 24.8 Å². The highest BCUT2D eigenvalue weighted by Gasteiger charge is 2.19. The highest BCUT2D eigenvalue weighted by atomic mass is 32.2. The van der Waals surface area contributed by atoms with Crippen LogP contribution >= 0.6 is 0 Å². The van der Waals surface area contributed by atoms with Gasteiger partial charge in [0.1, 0.15) is 0 Å². The Balaban J connectivity index is 1.71. The first-order chi connectivity index (χ1) is 9.59. The van der Waals surface area contributed by atoms with E-state index in [1.54, 1.807) is 24.3 Å². The zero-order valence-electron chi connectivity index (χ0n) is 11.3. The molecular formula is C14H19N3O2S.